The van der Waals surface area contributed by atoms with Gasteiger partial charge in [-0.1, -0.05) is 43.3 Å². The highest BCUT2D eigenvalue weighted by molar-refractivity contribution is 7.80. The molecule has 0 fully saturated rings. The molecule has 1 aliphatic heterocycles. The van der Waals surface area contributed by atoms with E-state index in [0.717, 1.165) is 39.5 Å². The zero-order chi connectivity index (χ0) is 20.7. The number of phenols is 1. The van der Waals surface area contributed by atoms with Gasteiger partial charge in [0.25, 0.3) is 0 Å². The number of hydrogen-bond donors (Lipinski definition) is 1. The van der Waals surface area contributed by atoms with Crippen molar-refractivity contribution in [1.82, 2.24) is 9.97 Å². The fourth-order valence-electron chi connectivity index (χ4n) is 4.22. The van der Waals surface area contributed by atoms with Gasteiger partial charge in [0, 0.05) is 34.1 Å². The molecule has 30 heavy (non-hydrogen) atoms. The zero-order valence-corrected chi connectivity index (χ0v) is 17.5. The van der Waals surface area contributed by atoms with E-state index < -0.39 is 7.14 Å². The molecule has 0 saturated heterocycles. The third-order valence-corrected chi connectivity index (χ3v) is 8.93. The maximum Gasteiger partial charge on any atom is 0.146 e. The van der Waals surface area contributed by atoms with Gasteiger partial charge in [0.1, 0.15) is 12.9 Å². The van der Waals surface area contributed by atoms with Crippen molar-refractivity contribution in [2.45, 2.75) is 13.3 Å². The van der Waals surface area contributed by atoms with Crippen molar-refractivity contribution in [3.05, 3.63) is 79.0 Å². The van der Waals surface area contributed by atoms with Gasteiger partial charge in [0.05, 0.1) is 22.6 Å². The highest BCUT2D eigenvalue weighted by Gasteiger charge is 2.40. The molecule has 3 heterocycles. The van der Waals surface area contributed by atoms with Gasteiger partial charge in [0.2, 0.25) is 0 Å². The van der Waals surface area contributed by atoms with Crippen LogP contribution in [0.25, 0.3) is 33.8 Å². The van der Waals surface area contributed by atoms with Gasteiger partial charge in [-0.2, -0.15) is 0 Å². The first-order valence-electron chi connectivity index (χ1n) is 10.1. The molecular weight excluding hydrogens is 391 g/mol. The van der Waals surface area contributed by atoms with Gasteiger partial charge >= 0.3 is 0 Å². The second kappa shape index (κ2) is 7.23. The van der Waals surface area contributed by atoms with Crippen LogP contribution in [0.5, 0.6) is 5.75 Å². The van der Waals surface area contributed by atoms with E-state index in [0.29, 0.717) is 17.4 Å². The predicted molar refractivity (Wildman–Crippen MR) is 122 cm³/mol. The van der Waals surface area contributed by atoms with Crippen LogP contribution in [-0.2, 0) is 4.57 Å². The van der Waals surface area contributed by atoms with Gasteiger partial charge in [-0.15, -0.1) is 0 Å². The van der Waals surface area contributed by atoms with E-state index in [-0.39, 0.29) is 5.75 Å². The Kier molecular flexibility index (Phi) is 4.52. The third kappa shape index (κ3) is 2.88. The molecule has 0 amide bonds. The Labute approximate surface area is 175 Å². The Morgan fingerprint density at radius 2 is 1.67 bits per heavy atom. The molecule has 2 aromatic heterocycles. The van der Waals surface area contributed by atoms with E-state index >= 15 is 0 Å². The van der Waals surface area contributed by atoms with Crippen LogP contribution in [0, 0.1) is 0 Å². The minimum atomic E-state index is -2.78. The molecule has 0 radical (unpaired) electrons. The van der Waals surface area contributed by atoms with Gasteiger partial charge in [0.15, 0.2) is 0 Å². The van der Waals surface area contributed by atoms with Gasteiger partial charge in [-0.25, -0.2) is 4.98 Å². The van der Waals surface area contributed by atoms with Crippen LogP contribution in [0.1, 0.15) is 13.3 Å². The average Bonchev–Trinajstić information content (AvgIpc) is 3.04. The second-order valence-corrected chi connectivity index (χ2v) is 10.4. The number of benzene rings is 2. The van der Waals surface area contributed by atoms with Crippen molar-refractivity contribution in [3.8, 4) is 39.5 Å². The zero-order valence-electron chi connectivity index (χ0n) is 16.6. The molecule has 4 aromatic rings. The minimum absolute atomic E-state index is 0.134. The summed E-state index contributed by atoms with van der Waals surface area (Å²) in [5, 5.41) is 12.0. The maximum absolute atomic E-state index is 13.9. The molecule has 0 spiro atoms. The Morgan fingerprint density at radius 3 is 2.43 bits per heavy atom. The first kappa shape index (κ1) is 18.8. The highest BCUT2D eigenvalue weighted by Crippen LogP contribution is 2.54. The lowest BCUT2D eigenvalue weighted by atomic mass is 10.0. The molecule has 5 rings (SSSR count). The maximum atomic E-state index is 13.9. The fourth-order valence-corrected chi connectivity index (χ4v) is 7.32. The number of pyridine rings is 2. The summed E-state index contributed by atoms with van der Waals surface area (Å²) in [7, 11) is -2.78. The Bertz CT molecular complexity index is 1300. The summed E-state index contributed by atoms with van der Waals surface area (Å²) in [4.78, 5) is 9.32. The lowest BCUT2D eigenvalue weighted by Crippen LogP contribution is -2.13. The largest absolute Gasteiger partial charge is 0.507 e. The number of aromatic hydroxyl groups is 1. The molecule has 1 unspecified atom stereocenters. The number of aromatic nitrogens is 2. The smallest absolute Gasteiger partial charge is 0.146 e. The van der Waals surface area contributed by atoms with Crippen molar-refractivity contribution in [1.29, 1.82) is 0 Å². The first-order chi connectivity index (χ1) is 14.6. The standard InChI is InChI=1S/C25H21N2O2P/c1-2-15-30(29)22-11-6-10-21(28)24(22)25-23(30)13-12-20(27-25)18-8-5-7-17(16-18)19-9-3-4-14-26-19/h3-14,16,28H,2,15H2,1H3. The van der Waals surface area contributed by atoms with Crippen molar-refractivity contribution < 1.29 is 9.67 Å². The molecule has 1 N–H and O–H groups in total. The minimum Gasteiger partial charge on any atom is -0.507 e. The molecule has 2 aromatic carbocycles. The summed E-state index contributed by atoms with van der Waals surface area (Å²) in [6, 6.07) is 23.1. The lowest BCUT2D eigenvalue weighted by Gasteiger charge is -2.14. The average molecular weight is 412 g/mol. The summed E-state index contributed by atoms with van der Waals surface area (Å²) in [5.74, 6) is 0.134. The lowest BCUT2D eigenvalue weighted by molar-refractivity contribution is 0.477. The number of nitrogens with zero attached hydrogens (tertiary/aromatic N) is 2. The molecule has 0 aliphatic carbocycles. The normalized spacial score (nSPS) is 16.8. The number of hydrogen-bond acceptors (Lipinski definition) is 4. The number of phenolic OH excluding ortho intramolecular Hbond substituents is 1. The van der Waals surface area contributed by atoms with E-state index in [2.05, 4.69) is 11.1 Å². The van der Waals surface area contributed by atoms with Crippen LogP contribution >= 0.6 is 7.14 Å². The van der Waals surface area contributed by atoms with Crippen LogP contribution < -0.4 is 10.6 Å². The van der Waals surface area contributed by atoms with E-state index in [1.807, 2.05) is 61.5 Å². The Balaban J connectivity index is 1.67. The van der Waals surface area contributed by atoms with E-state index in [1.54, 1.807) is 18.3 Å². The summed E-state index contributed by atoms with van der Waals surface area (Å²) < 4.78 is 13.9. The summed E-state index contributed by atoms with van der Waals surface area (Å²) in [6.45, 7) is 2.03. The molecule has 148 valence electrons. The Hall–Kier alpha value is -3.23. The summed E-state index contributed by atoms with van der Waals surface area (Å²) >= 11 is 0. The fraction of sp³-hybridized carbons (Fsp3) is 0.120. The highest BCUT2D eigenvalue weighted by atomic mass is 31.2. The molecule has 4 nitrogen and oxygen atoms in total. The molecule has 5 heteroatoms. The van der Waals surface area contributed by atoms with Crippen molar-refractivity contribution >= 4 is 17.8 Å². The monoisotopic (exact) mass is 412 g/mol. The quantitative estimate of drug-likeness (QED) is 0.467. The SMILES string of the molecule is CCCP1(=O)c2ccc(-c3cccc(-c4ccccn4)c3)nc2-c2c(O)cccc21. The van der Waals surface area contributed by atoms with Gasteiger partial charge < -0.3 is 9.67 Å². The summed E-state index contributed by atoms with van der Waals surface area (Å²) in [6.07, 6.45) is 3.16. The van der Waals surface area contributed by atoms with Gasteiger partial charge in [-0.05, 0) is 42.8 Å². The number of fused-ring (bicyclic) bond motifs is 3. The van der Waals surface area contributed by atoms with Crippen molar-refractivity contribution in [2.75, 3.05) is 6.16 Å². The van der Waals surface area contributed by atoms with Crippen LogP contribution in [0.2, 0.25) is 0 Å². The van der Waals surface area contributed by atoms with Gasteiger partial charge in [-0.3, -0.25) is 4.98 Å². The molecule has 1 aliphatic rings. The molecular formula is C25H21N2O2P. The van der Waals surface area contributed by atoms with E-state index in [1.165, 1.54) is 0 Å². The molecule has 0 bridgehead atoms. The van der Waals surface area contributed by atoms with Crippen molar-refractivity contribution in [3.63, 3.8) is 0 Å². The van der Waals surface area contributed by atoms with Crippen LogP contribution in [0.3, 0.4) is 0 Å². The van der Waals surface area contributed by atoms with Crippen LogP contribution in [-0.4, -0.2) is 21.2 Å². The first-order valence-corrected chi connectivity index (χ1v) is 12.0. The molecule has 0 saturated carbocycles. The van der Waals surface area contributed by atoms with Crippen LogP contribution in [0.4, 0.5) is 0 Å². The van der Waals surface area contributed by atoms with Crippen molar-refractivity contribution in [2.24, 2.45) is 0 Å². The topological polar surface area (TPSA) is 63.1 Å². The third-order valence-electron chi connectivity index (χ3n) is 5.57. The predicted octanol–water partition coefficient (Wildman–Crippen LogP) is 5.22. The second-order valence-electron chi connectivity index (χ2n) is 7.49. The van der Waals surface area contributed by atoms with E-state index in [9.17, 15) is 9.67 Å². The van der Waals surface area contributed by atoms with Crippen LogP contribution in [0.15, 0.2) is 79.0 Å². The number of rotatable bonds is 4. The Morgan fingerprint density at radius 1 is 0.867 bits per heavy atom. The molecule has 1 atom stereocenters. The van der Waals surface area contributed by atoms with E-state index in [4.69, 9.17) is 4.98 Å². The summed E-state index contributed by atoms with van der Waals surface area (Å²) in [5.41, 5.74) is 4.90.